The van der Waals surface area contributed by atoms with Gasteiger partial charge in [0.05, 0.1) is 12.5 Å². The molecule has 0 aromatic heterocycles. The number of carboxylic acids is 3. The second kappa shape index (κ2) is 15.8. The highest BCUT2D eigenvalue weighted by Gasteiger charge is 2.53. The molecule has 0 aliphatic heterocycles. The van der Waals surface area contributed by atoms with Crippen LogP contribution in [0.2, 0.25) is 0 Å². The Morgan fingerprint density at radius 1 is 0.774 bits per heavy atom. The van der Waals surface area contributed by atoms with E-state index in [9.17, 15) is 29.7 Å². The number of unbranched alkanes of at least 4 members (excludes halogenated alkanes) is 7. The Morgan fingerprint density at radius 3 is 1.55 bits per heavy atom. The van der Waals surface area contributed by atoms with Gasteiger partial charge in [-0.3, -0.25) is 4.48 Å². The number of carboxylic acid groups (broad SMARTS) is 3. The lowest BCUT2D eigenvalue weighted by molar-refractivity contribution is -0.974. The largest absolute Gasteiger partial charge is 0.544 e. The van der Waals surface area contributed by atoms with Gasteiger partial charge in [0.1, 0.15) is 6.04 Å². The second-order valence-corrected chi connectivity index (χ2v) is 8.32. The first kappa shape index (κ1) is 29.1. The molecule has 0 aliphatic carbocycles. The summed E-state index contributed by atoms with van der Waals surface area (Å²) in [6.07, 6.45) is 12.7. The Bertz CT molecular complexity index is 519. The number of rotatable bonds is 19. The first-order chi connectivity index (χ1) is 14.7. The summed E-state index contributed by atoms with van der Waals surface area (Å²) in [6, 6.07) is -3.38. The first-order valence-corrected chi connectivity index (χ1v) is 11.9. The molecule has 0 radical (unpaired) electrons. The van der Waals surface area contributed by atoms with Crippen molar-refractivity contribution in [3.63, 3.8) is 0 Å². The SMILES string of the molecule is C/C=C/CCCCCCCCC[N+](C(CC)C(=O)[O-])(C(CC)C(=O)O)C(CC)C(=O)O. The molecule has 0 bridgehead atoms. The number of allylic oxidation sites excluding steroid dienone is 2. The molecule has 7 heteroatoms. The Balaban J connectivity index is 5.45. The zero-order chi connectivity index (χ0) is 23.9. The van der Waals surface area contributed by atoms with E-state index in [4.69, 9.17) is 0 Å². The molecule has 0 fully saturated rings. The molecule has 3 atom stereocenters. The third-order valence-corrected chi connectivity index (χ3v) is 6.40. The van der Waals surface area contributed by atoms with Crippen LogP contribution in [0.15, 0.2) is 12.2 Å². The van der Waals surface area contributed by atoms with Gasteiger partial charge in [0.15, 0.2) is 12.1 Å². The Hall–Kier alpha value is -1.89. The smallest absolute Gasteiger partial charge is 0.362 e. The quantitative estimate of drug-likeness (QED) is 0.179. The maximum absolute atomic E-state index is 12.1. The van der Waals surface area contributed by atoms with Crippen LogP contribution in [0.1, 0.15) is 98.3 Å². The van der Waals surface area contributed by atoms with Gasteiger partial charge in [-0.2, -0.15) is 0 Å². The van der Waals surface area contributed by atoms with Gasteiger partial charge in [-0.1, -0.05) is 58.6 Å². The molecule has 0 aliphatic rings. The van der Waals surface area contributed by atoms with Gasteiger partial charge in [0.25, 0.3) is 0 Å². The summed E-state index contributed by atoms with van der Waals surface area (Å²) in [5.74, 6) is -3.67. The minimum atomic E-state index is -1.37. The third-order valence-electron chi connectivity index (χ3n) is 6.40. The summed E-state index contributed by atoms with van der Waals surface area (Å²) in [5.41, 5.74) is 0. The van der Waals surface area contributed by atoms with Crippen LogP contribution in [0.25, 0.3) is 0 Å². The molecule has 0 rings (SSSR count). The van der Waals surface area contributed by atoms with Crippen molar-refractivity contribution in [3.05, 3.63) is 12.2 Å². The molecule has 0 saturated carbocycles. The zero-order valence-electron chi connectivity index (χ0n) is 19.8. The molecule has 0 heterocycles. The highest BCUT2D eigenvalue weighted by atomic mass is 16.4. The molecule has 2 N–H and O–H groups in total. The molecule has 3 unspecified atom stereocenters. The normalized spacial score (nSPS) is 16.5. The van der Waals surface area contributed by atoms with Crippen molar-refractivity contribution in [2.75, 3.05) is 6.54 Å². The molecule has 7 nitrogen and oxygen atoms in total. The van der Waals surface area contributed by atoms with Crippen molar-refractivity contribution in [2.45, 2.75) is 116 Å². The summed E-state index contributed by atoms with van der Waals surface area (Å²) in [4.78, 5) is 36.3. The van der Waals surface area contributed by atoms with E-state index in [-0.39, 0.29) is 25.8 Å². The number of hydrogen-bond donors (Lipinski definition) is 2. The number of carbonyl (C=O) groups excluding carboxylic acids is 1. The van der Waals surface area contributed by atoms with E-state index in [1.54, 1.807) is 20.8 Å². The minimum Gasteiger partial charge on any atom is -0.544 e. The maximum Gasteiger partial charge on any atom is 0.362 e. The third kappa shape index (κ3) is 8.63. The Morgan fingerprint density at radius 2 is 1.19 bits per heavy atom. The summed E-state index contributed by atoms with van der Waals surface area (Å²) in [6.45, 7) is 7.24. The standard InChI is InChI=1S/C24H43NO6/c1-5-9-10-11-12-13-14-15-16-17-18-25(19(6-2)22(26)27,20(7-3)23(28)29)21(8-4)24(30)31/h5,9,19-21H,6-8,10-18H2,1-4H3,(H2-,26,27,28,29,30,31)/b9-5+. The fourth-order valence-electron chi connectivity index (χ4n) is 4.96. The van der Waals surface area contributed by atoms with Gasteiger partial charge >= 0.3 is 11.9 Å². The Labute approximate surface area is 187 Å². The maximum atomic E-state index is 12.1. The van der Waals surface area contributed by atoms with Gasteiger partial charge in [-0.05, 0) is 32.6 Å². The molecule has 0 aromatic carbocycles. The van der Waals surface area contributed by atoms with E-state index in [1.807, 2.05) is 6.92 Å². The summed E-state index contributed by atoms with van der Waals surface area (Å²) < 4.78 is -0.472. The van der Waals surface area contributed by atoms with Crippen LogP contribution in [-0.2, 0) is 14.4 Å². The van der Waals surface area contributed by atoms with Gasteiger partial charge in [0, 0.05) is 19.3 Å². The minimum absolute atomic E-state index is 0.127. The van der Waals surface area contributed by atoms with Crippen LogP contribution < -0.4 is 5.11 Å². The highest BCUT2D eigenvalue weighted by Crippen LogP contribution is 2.32. The topological polar surface area (TPSA) is 115 Å². The lowest BCUT2D eigenvalue weighted by Crippen LogP contribution is -2.73. The fraction of sp³-hybridized carbons (Fsp3) is 0.792. The average molecular weight is 442 g/mol. The number of carbonyl (C=O) groups is 3. The second-order valence-electron chi connectivity index (χ2n) is 8.32. The van der Waals surface area contributed by atoms with E-state index in [1.165, 1.54) is 12.8 Å². The average Bonchev–Trinajstić information content (AvgIpc) is 2.69. The van der Waals surface area contributed by atoms with Crippen LogP contribution >= 0.6 is 0 Å². The molecule has 0 aromatic rings. The number of aliphatic carboxylic acids is 3. The van der Waals surface area contributed by atoms with E-state index in [0.29, 0.717) is 6.42 Å². The van der Waals surface area contributed by atoms with E-state index >= 15 is 0 Å². The van der Waals surface area contributed by atoms with Crippen LogP contribution in [0.3, 0.4) is 0 Å². The van der Waals surface area contributed by atoms with Crippen LogP contribution in [0, 0.1) is 0 Å². The number of hydrogen-bond acceptors (Lipinski definition) is 4. The van der Waals surface area contributed by atoms with Gasteiger partial charge in [0.2, 0.25) is 0 Å². The molecule has 180 valence electrons. The molecule has 0 spiro atoms. The predicted octanol–water partition coefficient (Wildman–Crippen LogP) is 3.76. The summed E-state index contributed by atoms with van der Waals surface area (Å²) >= 11 is 0. The zero-order valence-corrected chi connectivity index (χ0v) is 19.8. The predicted molar refractivity (Wildman–Crippen MR) is 119 cm³/mol. The number of nitrogens with zero attached hydrogens (tertiary/aromatic N) is 1. The molecular formula is C24H43NO6. The van der Waals surface area contributed by atoms with Gasteiger partial charge < -0.3 is 20.1 Å². The molecule has 31 heavy (non-hydrogen) atoms. The van der Waals surface area contributed by atoms with Crippen molar-refractivity contribution >= 4 is 17.9 Å². The lowest BCUT2D eigenvalue weighted by Gasteiger charge is -2.51. The molecule has 0 amide bonds. The lowest BCUT2D eigenvalue weighted by atomic mass is 9.93. The first-order valence-electron chi connectivity index (χ1n) is 11.9. The van der Waals surface area contributed by atoms with Crippen molar-refractivity contribution in [3.8, 4) is 0 Å². The van der Waals surface area contributed by atoms with Crippen LogP contribution in [-0.4, -0.2) is 57.3 Å². The van der Waals surface area contributed by atoms with Gasteiger partial charge in [-0.15, -0.1) is 0 Å². The molecular weight excluding hydrogens is 398 g/mol. The van der Waals surface area contributed by atoms with E-state index in [0.717, 1.165) is 32.1 Å². The van der Waals surface area contributed by atoms with Crippen molar-refractivity contribution in [1.29, 1.82) is 0 Å². The Kier molecular flexibility index (Phi) is 14.9. The van der Waals surface area contributed by atoms with E-state index < -0.39 is 40.5 Å². The van der Waals surface area contributed by atoms with E-state index in [2.05, 4.69) is 12.2 Å². The van der Waals surface area contributed by atoms with Crippen molar-refractivity contribution in [1.82, 2.24) is 0 Å². The fourth-order valence-corrected chi connectivity index (χ4v) is 4.96. The van der Waals surface area contributed by atoms with Gasteiger partial charge in [-0.25, -0.2) is 9.59 Å². The monoisotopic (exact) mass is 441 g/mol. The number of quaternary nitrogens is 1. The van der Waals surface area contributed by atoms with Crippen molar-refractivity contribution in [2.24, 2.45) is 0 Å². The van der Waals surface area contributed by atoms with Crippen molar-refractivity contribution < 1.29 is 34.2 Å². The van der Waals surface area contributed by atoms with Crippen LogP contribution in [0.4, 0.5) is 0 Å². The van der Waals surface area contributed by atoms with Crippen LogP contribution in [0.5, 0.6) is 0 Å². The summed E-state index contributed by atoms with van der Waals surface area (Å²) in [5, 5.41) is 31.8. The summed E-state index contributed by atoms with van der Waals surface area (Å²) in [7, 11) is 0. The molecule has 0 saturated heterocycles. The highest BCUT2D eigenvalue weighted by molar-refractivity contribution is 5.77.